The lowest BCUT2D eigenvalue weighted by Gasteiger charge is -2.11. The SMILES string of the molecule is CC(=O)Nc1cccc(NC(C)=O)c1C(=O)O.O. The average Bonchev–Trinajstić information content (AvgIpc) is 2.14. The Hall–Kier alpha value is -2.41. The second kappa shape index (κ2) is 6.36. The Kier molecular flexibility index (Phi) is 5.50. The Morgan fingerprint density at radius 1 is 1.00 bits per heavy atom. The van der Waals surface area contributed by atoms with E-state index in [9.17, 15) is 14.4 Å². The van der Waals surface area contributed by atoms with Crippen LogP contribution in [-0.4, -0.2) is 28.4 Å². The molecule has 1 rings (SSSR count). The molecule has 0 unspecified atom stereocenters. The van der Waals surface area contributed by atoms with E-state index >= 15 is 0 Å². The maximum atomic E-state index is 11.1. The number of nitrogens with one attached hydrogen (secondary N) is 2. The summed E-state index contributed by atoms with van der Waals surface area (Å²) in [4.78, 5) is 33.0. The molecule has 0 aromatic heterocycles. The Bertz CT molecular complexity index is 450. The highest BCUT2D eigenvalue weighted by Gasteiger charge is 2.16. The fourth-order valence-corrected chi connectivity index (χ4v) is 1.37. The highest BCUT2D eigenvalue weighted by Crippen LogP contribution is 2.24. The molecule has 0 aliphatic carbocycles. The number of carboxylic acids is 1. The van der Waals surface area contributed by atoms with Crippen LogP contribution in [0.4, 0.5) is 11.4 Å². The summed E-state index contributed by atoms with van der Waals surface area (Å²) in [6, 6.07) is 4.45. The van der Waals surface area contributed by atoms with Crippen LogP contribution in [0, 0.1) is 0 Å². The van der Waals surface area contributed by atoms with Gasteiger partial charge in [-0.05, 0) is 12.1 Å². The fraction of sp³-hybridized carbons (Fsp3) is 0.182. The van der Waals surface area contributed by atoms with Gasteiger partial charge in [-0.1, -0.05) is 6.07 Å². The molecule has 1 aromatic carbocycles. The Morgan fingerprint density at radius 2 is 1.39 bits per heavy atom. The van der Waals surface area contributed by atoms with E-state index in [2.05, 4.69) is 10.6 Å². The normalized spacial score (nSPS) is 9.00. The molecule has 7 nitrogen and oxygen atoms in total. The fourth-order valence-electron chi connectivity index (χ4n) is 1.37. The standard InChI is InChI=1S/C11H12N2O4.H2O/c1-6(14)12-8-4-3-5-9(13-7(2)15)10(8)11(16)17;/h3-5H,1-2H3,(H,12,14)(H,13,15)(H,16,17);1H2. The molecule has 5 N–H and O–H groups in total. The predicted molar refractivity (Wildman–Crippen MR) is 65.6 cm³/mol. The number of carbonyl (C=O) groups is 3. The molecule has 0 saturated heterocycles. The second-order valence-electron chi connectivity index (χ2n) is 3.40. The molecule has 0 bridgehead atoms. The van der Waals surface area contributed by atoms with Gasteiger partial charge < -0.3 is 21.2 Å². The van der Waals surface area contributed by atoms with Crippen molar-refractivity contribution in [2.24, 2.45) is 0 Å². The molecule has 7 heteroatoms. The van der Waals surface area contributed by atoms with Gasteiger partial charge in [0.05, 0.1) is 11.4 Å². The van der Waals surface area contributed by atoms with E-state index < -0.39 is 5.97 Å². The number of carboxylic acid groups (broad SMARTS) is 1. The molecular weight excluding hydrogens is 240 g/mol. The maximum Gasteiger partial charge on any atom is 0.339 e. The summed E-state index contributed by atoms with van der Waals surface area (Å²) in [5.41, 5.74) is 0.158. The van der Waals surface area contributed by atoms with Gasteiger partial charge in [0, 0.05) is 13.8 Å². The monoisotopic (exact) mass is 254 g/mol. The maximum absolute atomic E-state index is 11.1. The summed E-state index contributed by atoms with van der Waals surface area (Å²) >= 11 is 0. The Morgan fingerprint density at radius 3 is 1.67 bits per heavy atom. The van der Waals surface area contributed by atoms with Crippen LogP contribution < -0.4 is 10.6 Å². The van der Waals surface area contributed by atoms with Crippen LogP contribution >= 0.6 is 0 Å². The number of hydrogen-bond acceptors (Lipinski definition) is 3. The van der Waals surface area contributed by atoms with E-state index in [0.29, 0.717) is 0 Å². The van der Waals surface area contributed by atoms with Crippen LogP contribution in [-0.2, 0) is 9.59 Å². The average molecular weight is 254 g/mol. The molecule has 1 aromatic rings. The van der Waals surface area contributed by atoms with Crippen molar-refractivity contribution in [3.05, 3.63) is 23.8 Å². The molecule has 2 amide bonds. The summed E-state index contributed by atoms with van der Waals surface area (Å²) in [6.07, 6.45) is 0. The van der Waals surface area contributed by atoms with Crippen LogP contribution in [0.15, 0.2) is 18.2 Å². The van der Waals surface area contributed by atoms with Gasteiger partial charge in [0.25, 0.3) is 0 Å². The predicted octanol–water partition coefficient (Wildman–Crippen LogP) is 0.477. The minimum absolute atomic E-state index is 0. The van der Waals surface area contributed by atoms with E-state index in [4.69, 9.17) is 5.11 Å². The van der Waals surface area contributed by atoms with Gasteiger partial charge in [-0.2, -0.15) is 0 Å². The summed E-state index contributed by atoms with van der Waals surface area (Å²) in [5, 5.41) is 13.9. The summed E-state index contributed by atoms with van der Waals surface area (Å²) in [6.45, 7) is 2.55. The lowest BCUT2D eigenvalue weighted by molar-refractivity contribution is -0.115. The molecule has 18 heavy (non-hydrogen) atoms. The number of anilines is 2. The molecule has 0 aliphatic heterocycles. The van der Waals surface area contributed by atoms with Gasteiger partial charge in [0.2, 0.25) is 11.8 Å². The first kappa shape index (κ1) is 15.6. The molecule has 0 fully saturated rings. The Balaban J connectivity index is 0.00000289. The zero-order chi connectivity index (χ0) is 13.0. The van der Waals surface area contributed by atoms with E-state index in [1.54, 1.807) is 6.07 Å². The van der Waals surface area contributed by atoms with E-state index in [-0.39, 0.29) is 34.2 Å². The quantitative estimate of drug-likeness (QED) is 0.724. The van der Waals surface area contributed by atoms with E-state index in [1.165, 1.54) is 26.0 Å². The first-order chi connectivity index (χ1) is 7.91. The molecule has 98 valence electrons. The van der Waals surface area contributed by atoms with E-state index in [1.807, 2.05) is 0 Å². The molecule has 0 saturated carbocycles. The van der Waals surface area contributed by atoms with Crippen LogP contribution in [0.25, 0.3) is 0 Å². The third-order valence-electron chi connectivity index (χ3n) is 1.90. The zero-order valence-electron chi connectivity index (χ0n) is 9.90. The van der Waals surface area contributed by atoms with Gasteiger partial charge in [0.15, 0.2) is 0 Å². The minimum Gasteiger partial charge on any atom is -0.478 e. The highest BCUT2D eigenvalue weighted by molar-refractivity contribution is 6.06. The van der Waals surface area contributed by atoms with Crippen molar-refractivity contribution in [2.45, 2.75) is 13.8 Å². The van der Waals surface area contributed by atoms with Crippen molar-refractivity contribution >= 4 is 29.2 Å². The van der Waals surface area contributed by atoms with Crippen LogP contribution in [0.5, 0.6) is 0 Å². The molecule has 0 spiro atoms. The summed E-state index contributed by atoms with van der Waals surface area (Å²) < 4.78 is 0. The van der Waals surface area contributed by atoms with Crippen LogP contribution in [0.2, 0.25) is 0 Å². The zero-order valence-corrected chi connectivity index (χ0v) is 9.90. The first-order valence-electron chi connectivity index (χ1n) is 4.83. The number of aromatic carboxylic acids is 1. The smallest absolute Gasteiger partial charge is 0.339 e. The van der Waals surface area contributed by atoms with Crippen molar-refractivity contribution in [1.82, 2.24) is 0 Å². The highest BCUT2D eigenvalue weighted by atomic mass is 16.4. The molecule has 0 atom stereocenters. The second-order valence-corrected chi connectivity index (χ2v) is 3.40. The van der Waals surface area contributed by atoms with Crippen molar-refractivity contribution in [3.63, 3.8) is 0 Å². The van der Waals surface area contributed by atoms with Crippen molar-refractivity contribution in [3.8, 4) is 0 Å². The topological polar surface area (TPSA) is 127 Å². The third-order valence-corrected chi connectivity index (χ3v) is 1.90. The van der Waals surface area contributed by atoms with Gasteiger partial charge in [-0.3, -0.25) is 9.59 Å². The number of amides is 2. The van der Waals surface area contributed by atoms with Gasteiger partial charge in [-0.25, -0.2) is 4.79 Å². The Labute approximate surface area is 103 Å². The van der Waals surface area contributed by atoms with Gasteiger partial charge in [-0.15, -0.1) is 0 Å². The van der Waals surface area contributed by atoms with Crippen molar-refractivity contribution < 1.29 is 25.0 Å². The number of carbonyl (C=O) groups excluding carboxylic acids is 2. The third kappa shape index (κ3) is 3.87. The van der Waals surface area contributed by atoms with Crippen molar-refractivity contribution in [2.75, 3.05) is 10.6 Å². The number of hydrogen-bond donors (Lipinski definition) is 3. The molecule has 0 heterocycles. The van der Waals surface area contributed by atoms with Gasteiger partial charge >= 0.3 is 5.97 Å². The molecule has 0 radical (unpaired) electrons. The largest absolute Gasteiger partial charge is 0.478 e. The lowest BCUT2D eigenvalue weighted by atomic mass is 10.1. The molecule has 0 aliphatic rings. The molecular formula is C11H14N2O5. The first-order valence-corrected chi connectivity index (χ1v) is 4.83. The van der Waals surface area contributed by atoms with Crippen molar-refractivity contribution in [1.29, 1.82) is 0 Å². The van der Waals surface area contributed by atoms with Gasteiger partial charge in [0.1, 0.15) is 5.56 Å². The lowest BCUT2D eigenvalue weighted by Crippen LogP contribution is -2.15. The summed E-state index contributed by atoms with van der Waals surface area (Å²) in [7, 11) is 0. The number of benzene rings is 1. The van der Waals surface area contributed by atoms with Crippen LogP contribution in [0.3, 0.4) is 0 Å². The van der Waals surface area contributed by atoms with E-state index in [0.717, 1.165) is 0 Å². The minimum atomic E-state index is -1.22. The summed E-state index contributed by atoms with van der Waals surface area (Å²) in [5.74, 6) is -1.99. The number of rotatable bonds is 3. The van der Waals surface area contributed by atoms with Crippen LogP contribution in [0.1, 0.15) is 24.2 Å².